The third kappa shape index (κ3) is 3.03. The maximum absolute atomic E-state index is 12.0. The number of aryl methyl sites for hydroxylation is 2. The van der Waals surface area contributed by atoms with Crippen LogP contribution in [-0.4, -0.2) is 15.7 Å². The Bertz CT molecular complexity index is 686. The molecule has 0 bridgehead atoms. The van der Waals surface area contributed by atoms with Crippen molar-refractivity contribution < 1.29 is 4.79 Å². The molecule has 104 valence electrons. The largest absolute Gasteiger partial charge is 0.397 e. The lowest BCUT2D eigenvalue weighted by molar-refractivity contribution is -0.117. The van der Waals surface area contributed by atoms with Crippen molar-refractivity contribution in [1.29, 1.82) is 0 Å². The van der Waals surface area contributed by atoms with Crippen LogP contribution in [0.2, 0.25) is 0 Å². The van der Waals surface area contributed by atoms with Gasteiger partial charge in [0.25, 0.3) is 5.56 Å². The average Bonchev–Trinajstić information content (AvgIpc) is 2.38. The normalized spacial score (nSPS) is 10.3. The van der Waals surface area contributed by atoms with Crippen LogP contribution < -0.4 is 16.6 Å². The lowest BCUT2D eigenvalue weighted by Crippen LogP contribution is -2.29. The van der Waals surface area contributed by atoms with E-state index in [1.807, 2.05) is 19.1 Å². The van der Waals surface area contributed by atoms with Gasteiger partial charge in [0.2, 0.25) is 5.91 Å². The Balaban J connectivity index is 2.17. The van der Waals surface area contributed by atoms with Crippen molar-refractivity contribution in [2.45, 2.75) is 20.4 Å². The number of nitrogens with two attached hydrogens (primary N) is 1. The van der Waals surface area contributed by atoms with Crippen molar-refractivity contribution in [3.8, 4) is 0 Å². The highest BCUT2D eigenvalue weighted by atomic mass is 16.2. The van der Waals surface area contributed by atoms with E-state index in [1.54, 1.807) is 19.1 Å². The number of anilines is 2. The molecule has 6 nitrogen and oxygen atoms in total. The molecule has 0 saturated heterocycles. The summed E-state index contributed by atoms with van der Waals surface area (Å²) in [6, 6.07) is 8.36. The van der Waals surface area contributed by atoms with E-state index in [-0.39, 0.29) is 18.0 Å². The van der Waals surface area contributed by atoms with Gasteiger partial charge in [0.05, 0.1) is 17.1 Å². The zero-order valence-corrected chi connectivity index (χ0v) is 11.4. The van der Waals surface area contributed by atoms with Crippen molar-refractivity contribution in [2.24, 2.45) is 0 Å². The number of amides is 1. The SMILES string of the molecule is Cc1ccc(=O)n(CC(=O)Nc2c(C)cccc2N)n1. The zero-order valence-electron chi connectivity index (χ0n) is 11.4. The van der Waals surface area contributed by atoms with E-state index in [0.29, 0.717) is 17.1 Å². The minimum atomic E-state index is -0.341. The van der Waals surface area contributed by atoms with Crippen LogP contribution in [0.3, 0.4) is 0 Å². The molecule has 0 aliphatic heterocycles. The molecular formula is C14H16N4O2. The van der Waals surface area contributed by atoms with Gasteiger partial charge in [-0.2, -0.15) is 5.10 Å². The fourth-order valence-electron chi connectivity index (χ4n) is 1.84. The molecule has 1 aromatic carbocycles. The number of carbonyl (C=O) groups excluding carboxylic acids is 1. The van der Waals surface area contributed by atoms with Crippen LogP contribution in [0.25, 0.3) is 0 Å². The molecule has 2 rings (SSSR count). The summed E-state index contributed by atoms with van der Waals surface area (Å²) in [5.74, 6) is -0.341. The summed E-state index contributed by atoms with van der Waals surface area (Å²) in [5.41, 5.74) is 8.10. The number of nitrogens with zero attached hydrogens (tertiary/aromatic N) is 2. The minimum Gasteiger partial charge on any atom is -0.397 e. The second kappa shape index (κ2) is 5.56. The second-order valence-electron chi connectivity index (χ2n) is 4.56. The van der Waals surface area contributed by atoms with Crippen molar-refractivity contribution >= 4 is 17.3 Å². The maximum atomic E-state index is 12.0. The van der Waals surface area contributed by atoms with Crippen molar-refractivity contribution in [1.82, 2.24) is 9.78 Å². The van der Waals surface area contributed by atoms with Gasteiger partial charge in [-0.1, -0.05) is 12.1 Å². The van der Waals surface area contributed by atoms with Gasteiger partial charge in [-0.15, -0.1) is 0 Å². The second-order valence-corrected chi connectivity index (χ2v) is 4.56. The van der Waals surface area contributed by atoms with E-state index >= 15 is 0 Å². The summed E-state index contributed by atoms with van der Waals surface area (Å²) in [5, 5.41) is 6.72. The smallest absolute Gasteiger partial charge is 0.267 e. The molecular weight excluding hydrogens is 256 g/mol. The first-order chi connectivity index (χ1) is 9.47. The third-order valence-electron chi connectivity index (χ3n) is 2.86. The predicted molar refractivity (Wildman–Crippen MR) is 77.5 cm³/mol. The van der Waals surface area contributed by atoms with E-state index in [4.69, 9.17) is 5.73 Å². The Kier molecular flexibility index (Phi) is 3.84. The third-order valence-corrected chi connectivity index (χ3v) is 2.86. The number of hydrogen-bond acceptors (Lipinski definition) is 4. The van der Waals surface area contributed by atoms with E-state index in [1.165, 1.54) is 6.07 Å². The summed E-state index contributed by atoms with van der Waals surface area (Å²) in [4.78, 5) is 23.6. The molecule has 0 fully saturated rings. The maximum Gasteiger partial charge on any atom is 0.267 e. The van der Waals surface area contributed by atoms with E-state index in [0.717, 1.165) is 10.2 Å². The first-order valence-electron chi connectivity index (χ1n) is 6.17. The Hall–Kier alpha value is -2.63. The van der Waals surface area contributed by atoms with Gasteiger partial charge in [0.1, 0.15) is 6.54 Å². The topological polar surface area (TPSA) is 90.0 Å². The number of nitrogens with one attached hydrogen (secondary N) is 1. The highest BCUT2D eigenvalue weighted by Gasteiger charge is 2.09. The molecule has 2 aromatic rings. The van der Waals surface area contributed by atoms with Gasteiger partial charge in [0, 0.05) is 6.07 Å². The van der Waals surface area contributed by atoms with Crippen molar-refractivity contribution in [3.05, 3.63) is 51.9 Å². The zero-order chi connectivity index (χ0) is 14.7. The van der Waals surface area contributed by atoms with Gasteiger partial charge >= 0.3 is 0 Å². The summed E-state index contributed by atoms with van der Waals surface area (Å²) < 4.78 is 1.12. The predicted octanol–water partition coefficient (Wildman–Crippen LogP) is 1.08. The molecule has 0 atom stereocenters. The first-order valence-corrected chi connectivity index (χ1v) is 6.17. The van der Waals surface area contributed by atoms with Crippen molar-refractivity contribution in [2.75, 3.05) is 11.1 Å². The number of para-hydroxylation sites is 1. The quantitative estimate of drug-likeness (QED) is 0.818. The van der Waals surface area contributed by atoms with Gasteiger partial charge in [-0.3, -0.25) is 9.59 Å². The summed E-state index contributed by atoms with van der Waals surface area (Å²) >= 11 is 0. The van der Waals surface area contributed by atoms with Crippen LogP contribution in [-0.2, 0) is 11.3 Å². The van der Waals surface area contributed by atoms with E-state index in [9.17, 15) is 9.59 Å². The molecule has 1 aromatic heterocycles. The number of hydrogen-bond donors (Lipinski definition) is 2. The summed E-state index contributed by atoms with van der Waals surface area (Å²) in [6.07, 6.45) is 0. The lowest BCUT2D eigenvalue weighted by atomic mass is 10.1. The Morgan fingerprint density at radius 1 is 1.30 bits per heavy atom. The Labute approximate surface area is 116 Å². The van der Waals surface area contributed by atoms with Crippen LogP contribution in [0.4, 0.5) is 11.4 Å². The fraction of sp³-hybridized carbons (Fsp3) is 0.214. The standard InChI is InChI=1S/C14H16N4O2/c1-9-4-3-5-11(15)14(9)16-12(19)8-18-13(20)7-6-10(2)17-18/h3-7H,8,15H2,1-2H3,(H,16,19). The van der Waals surface area contributed by atoms with E-state index < -0.39 is 0 Å². The van der Waals surface area contributed by atoms with Crippen LogP contribution >= 0.6 is 0 Å². The summed E-state index contributed by atoms with van der Waals surface area (Å²) in [6.45, 7) is 3.46. The monoisotopic (exact) mass is 272 g/mol. The Morgan fingerprint density at radius 2 is 2.05 bits per heavy atom. The number of benzene rings is 1. The van der Waals surface area contributed by atoms with Gasteiger partial charge < -0.3 is 11.1 Å². The fourth-order valence-corrected chi connectivity index (χ4v) is 1.84. The molecule has 0 saturated carbocycles. The molecule has 6 heteroatoms. The number of aromatic nitrogens is 2. The first kappa shape index (κ1) is 13.8. The lowest BCUT2D eigenvalue weighted by Gasteiger charge is -2.11. The van der Waals surface area contributed by atoms with Gasteiger partial charge in [-0.25, -0.2) is 4.68 Å². The molecule has 0 aliphatic carbocycles. The molecule has 20 heavy (non-hydrogen) atoms. The molecule has 1 amide bonds. The molecule has 0 unspecified atom stereocenters. The highest BCUT2D eigenvalue weighted by molar-refractivity contribution is 5.94. The highest BCUT2D eigenvalue weighted by Crippen LogP contribution is 2.22. The molecule has 0 aliphatic rings. The molecule has 0 spiro atoms. The van der Waals surface area contributed by atoms with Crippen molar-refractivity contribution in [3.63, 3.8) is 0 Å². The molecule has 1 heterocycles. The van der Waals surface area contributed by atoms with Gasteiger partial charge in [0.15, 0.2) is 0 Å². The Morgan fingerprint density at radius 3 is 2.75 bits per heavy atom. The number of nitrogen functional groups attached to an aromatic ring is 1. The van der Waals surface area contributed by atoms with E-state index in [2.05, 4.69) is 10.4 Å². The molecule has 3 N–H and O–H groups in total. The minimum absolute atomic E-state index is 0.145. The number of carbonyl (C=O) groups is 1. The van der Waals surface area contributed by atoms with Crippen LogP contribution in [0.5, 0.6) is 0 Å². The van der Waals surface area contributed by atoms with Crippen LogP contribution in [0.15, 0.2) is 35.1 Å². The van der Waals surface area contributed by atoms with Crippen LogP contribution in [0.1, 0.15) is 11.3 Å². The molecule has 0 radical (unpaired) electrons. The summed E-state index contributed by atoms with van der Waals surface area (Å²) in [7, 11) is 0. The average molecular weight is 272 g/mol. The van der Waals surface area contributed by atoms with Crippen LogP contribution in [0, 0.1) is 13.8 Å². The number of rotatable bonds is 3. The van der Waals surface area contributed by atoms with Gasteiger partial charge in [-0.05, 0) is 31.5 Å².